The minimum absolute atomic E-state index is 0.230. The lowest BCUT2D eigenvalue weighted by Gasteiger charge is -2.12. The lowest BCUT2D eigenvalue weighted by molar-refractivity contribution is -0.115. The second-order valence-electron chi connectivity index (χ2n) is 6.94. The van der Waals surface area contributed by atoms with Gasteiger partial charge < -0.3 is 14.6 Å². The van der Waals surface area contributed by atoms with Gasteiger partial charge in [-0.25, -0.2) is 18.7 Å². The number of benzene rings is 2. The summed E-state index contributed by atoms with van der Waals surface area (Å²) in [5.41, 5.74) is 2.74. The highest BCUT2D eigenvalue weighted by Crippen LogP contribution is 2.30. The highest BCUT2D eigenvalue weighted by Gasteiger charge is 2.20. The van der Waals surface area contributed by atoms with Crippen LogP contribution in [0.5, 0.6) is 0 Å². The molecule has 1 atom stereocenters. The van der Waals surface area contributed by atoms with Gasteiger partial charge in [-0.2, -0.15) is 0 Å². The summed E-state index contributed by atoms with van der Waals surface area (Å²) in [5.74, 6) is -2.09. The van der Waals surface area contributed by atoms with Crippen molar-refractivity contribution in [3.8, 4) is 11.3 Å². The van der Waals surface area contributed by atoms with Gasteiger partial charge in [-0.05, 0) is 37.3 Å². The third-order valence-electron chi connectivity index (χ3n) is 4.74. The molecule has 0 unspecified atom stereocenters. The fraction of sp³-hybridized carbons (Fsp3) is 0.227. The number of methoxy groups -OCH3 is 1. The summed E-state index contributed by atoms with van der Waals surface area (Å²) in [4.78, 5) is 21.8. The van der Waals surface area contributed by atoms with Crippen LogP contribution in [0.4, 0.5) is 13.9 Å². The Morgan fingerprint density at radius 3 is 2.81 bits per heavy atom. The van der Waals surface area contributed by atoms with E-state index in [2.05, 4.69) is 15.3 Å². The molecule has 166 valence electrons. The topological polar surface area (TPSA) is 69.0 Å². The Morgan fingerprint density at radius 1 is 1.22 bits per heavy atom. The zero-order chi connectivity index (χ0) is 22.7. The first kappa shape index (κ1) is 22.4. The lowest BCUT2D eigenvalue weighted by Crippen LogP contribution is -2.23. The van der Waals surface area contributed by atoms with Gasteiger partial charge in [-0.1, -0.05) is 23.9 Å². The van der Waals surface area contributed by atoms with Gasteiger partial charge >= 0.3 is 0 Å². The van der Waals surface area contributed by atoms with Crippen molar-refractivity contribution < 1.29 is 18.3 Å². The van der Waals surface area contributed by atoms with Crippen molar-refractivity contribution in [2.75, 3.05) is 19.0 Å². The first-order valence-corrected chi connectivity index (χ1v) is 11.5. The van der Waals surface area contributed by atoms with E-state index in [0.717, 1.165) is 28.3 Å². The summed E-state index contributed by atoms with van der Waals surface area (Å²) >= 11 is 2.57. The van der Waals surface area contributed by atoms with Crippen LogP contribution in [0, 0.1) is 11.6 Å². The second kappa shape index (κ2) is 9.76. The van der Waals surface area contributed by atoms with Crippen molar-refractivity contribution in [1.82, 2.24) is 14.5 Å². The maximum Gasteiger partial charge on any atom is 0.239 e. The molecule has 2 aromatic heterocycles. The molecular formula is C22H20F2N4O2S2. The van der Waals surface area contributed by atoms with Crippen molar-refractivity contribution in [1.29, 1.82) is 0 Å². The Morgan fingerprint density at radius 2 is 2.03 bits per heavy atom. The number of anilines is 1. The lowest BCUT2D eigenvalue weighted by atomic mass is 10.2. The smallest absolute Gasteiger partial charge is 0.239 e. The van der Waals surface area contributed by atoms with Crippen LogP contribution in [0.2, 0.25) is 0 Å². The highest BCUT2D eigenvalue weighted by molar-refractivity contribution is 8.00. The predicted molar refractivity (Wildman–Crippen MR) is 123 cm³/mol. The number of hydrogen-bond donors (Lipinski definition) is 1. The normalized spacial score (nSPS) is 12.2. The summed E-state index contributed by atoms with van der Waals surface area (Å²) in [6.07, 6.45) is 0. The van der Waals surface area contributed by atoms with Gasteiger partial charge in [0.1, 0.15) is 0 Å². The molecular weight excluding hydrogens is 454 g/mol. The minimum atomic E-state index is -0.942. The van der Waals surface area contributed by atoms with E-state index in [4.69, 9.17) is 4.74 Å². The van der Waals surface area contributed by atoms with Crippen LogP contribution < -0.4 is 5.32 Å². The van der Waals surface area contributed by atoms with Crippen molar-refractivity contribution in [2.24, 2.45) is 0 Å². The van der Waals surface area contributed by atoms with E-state index in [1.54, 1.807) is 19.4 Å². The summed E-state index contributed by atoms with van der Waals surface area (Å²) in [6.45, 7) is 2.95. The molecule has 0 spiro atoms. The molecule has 0 aliphatic carbocycles. The Bertz CT molecular complexity index is 1260. The number of para-hydroxylation sites is 2. The summed E-state index contributed by atoms with van der Waals surface area (Å²) in [7, 11) is 1.64. The molecule has 0 radical (unpaired) electrons. The molecule has 2 aromatic carbocycles. The first-order chi connectivity index (χ1) is 15.5. The molecule has 10 heteroatoms. The van der Waals surface area contributed by atoms with Gasteiger partial charge in [0.05, 0.1) is 28.6 Å². The van der Waals surface area contributed by atoms with Crippen LogP contribution >= 0.6 is 23.1 Å². The first-order valence-electron chi connectivity index (χ1n) is 9.79. The quantitative estimate of drug-likeness (QED) is 0.355. The van der Waals surface area contributed by atoms with E-state index in [-0.39, 0.29) is 5.91 Å². The van der Waals surface area contributed by atoms with Gasteiger partial charge in [-0.3, -0.25) is 4.79 Å². The van der Waals surface area contributed by atoms with Gasteiger partial charge in [0.2, 0.25) is 5.91 Å². The Kier molecular flexibility index (Phi) is 6.83. The second-order valence-corrected chi connectivity index (χ2v) is 9.11. The number of carbonyl (C=O) groups is 1. The van der Waals surface area contributed by atoms with Crippen LogP contribution in [0.15, 0.2) is 53.0 Å². The standard InChI is InChI=1S/C22H20F2N4O2S2/c1-13(32-22-26-17-5-3-4-6-19(17)28(22)9-10-30-2)20(29)27-21-25-18(12-31-21)14-7-8-15(23)16(24)11-14/h3-8,11-13H,9-10H2,1-2H3,(H,25,27,29)/t13-/m0/s1. The molecule has 2 heterocycles. The molecule has 0 saturated heterocycles. The van der Waals surface area contributed by atoms with Gasteiger partial charge in [-0.15, -0.1) is 11.3 Å². The Hall–Kier alpha value is -2.82. The number of rotatable bonds is 8. The van der Waals surface area contributed by atoms with E-state index in [0.29, 0.717) is 29.5 Å². The number of hydrogen-bond acceptors (Lipinski definition) is 6. The van der Waals surface area contributed by atoms with Crippen LogP contribution in [0.25, 0.3) is 22.3 Å². The number of thioether (sulfide) groups is 1. The highest BCUT2D eigenvalue weighted by atomic mass is 32.2. The molecule has 1 amide bonds. The van der Waals surface area contributed by atoms with Gasteiger partial charge in [0.25, 0.3) is 0 Å². The van der Waals surface area contributed by atoms with Crippen LogP contribution in [-0.4, -0.2) is 39.4 Å². The van der Waals surface area contributed by atoms with E-state index in [1.165, 1.54) is 29.2 Å². The average molecular weight is 475 g/mol. The predicted octanol–water partition coefficient (Wildman–Crippen LogP) is 5.20. The number of aromatic nitrogens is 3. The van der Waals surface area contributed by atoms with E-state index in [1.807, 2.05) is 28.8 Å². The number of nitrogens with one attached hydrogen (secondary N) is 1. The number of halogens is 2. The average Bonchev–Trinajstić information content (AvgIpc) is 3.38. The monoisotopic (exact) mass is 474 g/mol. The summed E-state index contributed by atoms with van der Waals surface area (Å²) in [6, 6.07) is 11.4. The maximum absolute atomic E-state index is 13.5. The number of amides is 1. The van der Waals surface area contributed by atoms with Gasteiger partial charge in [0, 0.05) is 24.6 Å². The van der Waals surface area contributed by atoms with Crippen LogP contribution in [0.3, 0.4) is 0 Å². The van der Waals surface area contributed by atoms with E-state index >= 15 is 0 Å². The fourth-order valence-corrected chi connectivity index (χ4v) is 4.75. The van der Waals surface area contributed by atoms with Crippen molar-refractivity contribution in [3.63, 3.8) is 0 Å². The largest absolute Gasteiger partial charge is 0.383 e. The third-order valence-corrected chi connectivity index (χ3v) is 6.59. The molecule has 4 aromatic rings. The number of imidazole rings is 1. The number of thiazole rings is 1. The molecule has 0 aliphatic rings. The zero-order valence-electron chi connectivity index (χ0n) is 17.3. The van der Waals surface area contributed by atoms with Crippen LogP contribution in [0.1, 0.15) is 6.92 Å². The van der Waals surface area contributed by atoms with Crippen LogP contribution in [-0.2, 0) is 16.1 Å². The van der Waals surface area contributed by atoms with E-state index in [9.17, 15) is 13.6 Å². The number of fused-ring (bicyclic) bond motifs is 1. The summed E-state index contributed by atoms with van der Waals surface area (Å²) < 4.78 is 33.9. The number of ether oxygens (including phenoxy) is 1. The third kappa shape index (κ3) is 4.82. The molecule has 0 bridgehead atoms. The molecule has 4 rings (SSSR count). The summed E-state index contributed by atoms with van der Waals surface area (Å²) in [5, 5.41) is 5.15. The van der Waals surface area contributed by atoms with Crippen molar-refractivity contribution >= 4 is 45.2 Å². The zero-order valence-corrected chi connectivity index (χ0v) is 19.0. The minimum Gasteiger partial charge on any atom is -0.383 e. The molecule has 1 N–H and O–H groups in total. The maximum atomic E-state index is 13.5. The fourth-order valence-electron chi connectivity index (χ4n) is 3.08. The van der Waals surface area contributed by atoms with Crippen molar-refractivity contribution in [3.05, 3.63) is 59.5 Å². The SMILES string of the molecule is COCCn1c(S[C@@H](C)C(=O)Nc2nc(-c3ccc(F)c(F)c3)cs2)nc2ccccc21. The van der Waals surface area contributed by atoms with E-state index < -0.39 is 16.9 Å². The molecule has 0 aliphatic heterocycles. The Balaban J connectivity index is 1.47. The van der Waals surface area contributed by atoms with Crippen molar-refractivity contribution in [2.45, 2.75) is 23.9 Å². The molecule has 6 nitrogen and oxygen atoms in total. The number of nitrogens with zero attached hydrogens (tertiary/aromatic N) is 3. The molecule has 0 saturated carbocycles. The number of carbonyl (C=O) groups excluding carboxylic acids is 1. The molecule has 32 heavy (non-hydrogen) atoms. The molecule has 0 fully saturated rings. The Labute approximate surface area is 191 Å². The van der Waals surface area contributed by atoms with Gasteiger partial charge in [0.15, 0.2) is 21.9 Å².